The second-order valence-corrected chi connectivity index (χ2v) is 18.9. The lowest BCUT2D eigenvalue weighted by molar-refractivity contribution is 0.0125. The largest absolute Gasteiger partial charge is 0.490 e. The first kappa shape index (κ1) is 35.6. The Bertz CT molecular complexity index is 1470. The Morgan fingerprint density at radius 2 is 1.82 bits per heavy atom. The van der Waals surface area contributed by atoms with E-state index in [9.17, 15) is 14.9 Å². The summed E-state index contributed by atoms with van der Waals surface area (Å²) >= 11 is 0. The van der Waals surface area contributed by atoms with Crippen LogP contribution in [0.2, 0.25) is 18.1 Å². The summed E-state index contributed by atoms with van der Waals surface area (Å²) in [7, 11) is -2.02. The van der Waals surface area contributed by atoms with Gasteiger partial charge in [0.15, 0.2) is 14.2 Å². The van der Waals surface area contributed by atoms with Crippen LogP contribution in [0.15, 0.2) is 41.6 Å². The van der Waals surface area contributed by atoms with Gasteiger partial charge in [0.25, 0.3) is 0 Å². The minimum absolute atomic E-state index is 0.0335. The quantitative estimate of drug-likeness (QED) is 0.0961. The standard InChI is InChI=1S/C34H48N4O6Si/c1-22(2)42-29-17-14-23(20-24(29)21-35)31(39)44-37-30(36)27-13-11-12-26-25(27)15-16-28(26)38(32(40)43-33(3,4)5)18-19-41-45(9,10)34(6,7)8/h11-14,17,20,22,28H,15-16,18-19H2,1-10H3,(H2,36,37)/t28-/m1/s1. The Kier molecular flexibility index (Phi) is 11.1. The van der Waals surface area contributed by atoms with Gasteiger partial charge in [-0.05, 0) is 94.9 Å². The van der Waals surface area contributed by atoms with Crippen LogP contribution in [0.25, 0.3) is 0 Å². The molecule has 2 aromatic rings. The maximum absolute atomic E-state index is 13.5. The Morgan fingerprint density at radius 3 is 2.42 bits per heavy atom. The summed E-state index contributed by atoms with van der Waals surface area (Å²) in [5.41, 5.74) is 8.54. The zero-order valence-electron chi connectivity index (χ0n) is 28.3. The molecule has 10 nitrogen and oxygen atoms in total. The number of hydrogen-bond acceptors (Lipinski definition) is 8. The average Bonchev–Trinajstić information content (AvgIpc) is 3.36. The first-order valence-electron chi connectivity index (χ1n) is 15.4. The van der Waals surface area contributed by atoms with Gasteiger partial charge in [0.1, 0.15) is 17.4 Å². The minimum atomic E-state index is -2.02. The highest BCUT2D eigenvalue weighted by Crippen LogP contribution is 2.39. The number of oxime groups is 1. The van der Waals surface area contributed by atoms with E-state index in [2.05, 4.69) is 39.0 Å². The molecule has 0 aliphatic heterocycles. The summed E-state index contributed by atoms with van der Waals surface area (Å²) in [5.74, 6) is -0.339. The van der Waals surface area contributed by atoms with Crippen molar-refractivity contribution in [3.63, 3.8) is 0 Å². The number of amides is 1. The molecule has 1 atom stereocenters. The number of amidine groups is 1. The second-order valence-electron chi connectivity index (χ2n) is 14.1. The predicted molar refractivity (Wildman–Crippen MR) is 177 cm³/mol. The molecule has 0 spiro atoms. The van der Waals surface area contributed by atoms with Crippen LogP contribution in [-0.4, -0.2) is 56.0 Å². The van der Waals surface area contributed by atoms with Crippen molar-refractivity contribution in [3.8, 4) is 11.8 Å². The topological polar surface area (TPSA) is 136 Å². The smallest absolute Gasteiger partial charge is 0.410 e. The van der Waals surface area contributed by atoms with E-state index < -0.39 is 26.0 Å². The number of nitriles is 1. The number of nitrogens with two attached hydrogens (primary N) is 1. The molecular formula is C34H48N4O6Si. The number of fused-ring (bicyclic) bond motifs is 1. The van der Waals surface area contributed by atoms with E-state index in [1.807, 2.05) is 58.9 Å². The van der Waals surface area contributed by atoms with E-state index in [1.54, 1.807) is 11.0 Å². The van der Waals surface area contributed by atoms with E-state index in [0.29, 0.717) is 37.3 Å². The SMILES string of the molecule is CC(C)Oc1ccc(C(=O)O/N=C(\N)c2cccc3c2CC[C@H]3N(CCO[Si](C)(C)C(C)(C)C)C(=O)OC(C)(C)C)cc1C#N. The Labute approximate surface area is 268 Å². The van der Waals surface area contributed by atoms with Gasteiger partial charge >= 0.3 is 12.1 Å². The number of carbonyl (C=O) groups excluding carboxylic acids is 2. The highest BCUT2D eigenvalue weighted by molar-refractivity contribution is 6.74. The molecule has 0 bridgehead atoms. The summed E-state index contributed by atoms with van der Waals surface area (Å²) < 4.78 is 17.9. The van der Waals surface area contributed by atoms with Gasteiger partial charge in [-0.2, -0.15) is 5.26 Å². The molecule has 244 valence electrons. The highest BCUT2D eigenvalue weighted by Gasteiger charge is 2.39. The van der Waals surface area contributed by atoms with Crippen molar-refractivity contribution in [2.24, 2.45) is 10.9 Å². The normalized spacial score (nSPS) is 15.3. The fourth-order valence-corrected chi connectivity index (χ4v) is 5.83. The summed E-state index contributed by atoms with van der Waals surface area (Å²) in [6, 6.07) is 11.9. The van der Waals surface area contributed by atoms with Crippen LogP contribution < -0.4 is 10.5 Å². The molecule has 0 saturated heterocycles. The lowest BCUT2D eigenvalue weighted by atomic mass is 10.0. The van der Waals surface area contributed by atoms with Crippen molar-refractivity contribution in [2.45, 2.75) is 104 Å². The van der Waals surface area contributed by atoms with Crippen LogP contribution in [-0.2, 0) is 20.4 Å². The number of nitrogens with zero attached hydrogens (tertiary/aromatic N) is 3. The molecule has 45 heavy (non-hydrogen) atoms. The van der Waals surface area contributed by atoms with Crippen LogP contribution in [0.1, 0.15) is 100 Å². The van der Waals surface area contributed by atoms with Crippen LogP contribution in [0, 0.1) is 11.3 Å². The van der Waals surface area contributed by atoms with Crippen LogP contribution in [0.5, 0.6) is 5.75 Å². The third-order valence-electron chi connectivity index (χ3n) is 8.05. The summed E-state index contributed by atoms with van der Waals surface area (Å²) in [6.45, 7) is 21.0. The molecule has 1 aliphatic carbocycles. The molecule has 0 radical (unpaired) electrons. The third kappa shape index (κ3) is 9.08. The van der Waals surface area contributed by atoms with Crippen molar-refractivity contribution in [3.05, 3.63) is 64.2 Å². The van der Waals surface area contributed by atoms with Crippen molar-refractivity contribution in [1.29, 1.82) is 5.26 Å². The van der Waals surface area contributed by atoms with Gasteiger partial charge < -0.3 is 24.5 Å². The van der Waals surface area contributed by atoms with Crippen LogP contribution in [0.3, 0.4) is 0 Å². The minimum Gasteiger partial charge on any atom is -0.490 e. The van der Waals surface area contributed by atoms with Crippen molar-refractivity contribution in [1.82, 2.24) is 4.90 Å². The molecule has 11 heteroatoms. The van der Waals surface area contributed by atoms with Gasteiger partial charge in [-0.15, -0.1) is 0 Å². The van der Waals surface area contributed by atoms with Crippen LogP contribution in [0.4, 0.5) is 4.79 Å². The molecule has 2 N–H and O–H groups in total. The van der Waals surface area contributed by atoms with Crippen LogP contribution >= 0.6 is 0 Å². The Hall–Kier alpha value is -3.88. The molecule has 0 unspecified atom stereocenters. The van der Waals surface area contributed by atoms with Gasteiger partial charge in [-0.3, -0.25) is 4.90 Å². The zero-order valence-corrected chi connectivity index (χ0v) is 29.3. The number of benzene rings is 2. The molecular weight excluding hydrogens is 588 g/mol. The molecule has 0 aromatic heterocycles. The molecule has 0 fully saturated rings. The van der Waals surface area contributed by atoms with Crippen molar-refractivity contribution < 1.29 is 28.3 Å². The first-order valence-corrected chi connectivity index (χ1v) is 18.3. The van der Waals surface area contributed by atoms with Crippen molar-refractivity contribution in [2.75, 3.05) is 13.2 Å². The summed E-state index contributed by atoms with van der Waals surface area (Å²) in [4.78, 5) is 33.2. The van der Waals surface area contributed by atoms with Gasteiger partial charge in [0.05, 0.1) is 29.9 Å². The fraction of sp³-hybridized carbons (Fsp3) is 0.529. The highest BCUT2D eigenvalue weighted by atomic mass is 28.4. The van der Waals surface area contributed by atoms with Crippen molar-refractivity contribution >= 4 is 26.2 Å². The van der Waals surface area contributed by atoms with Gasteiger partial charge in [-0.25, -0.2) is 9.59 Å². The Morgan fingerprint density at radius 1 is 1.13 bits per heavy atom. The van der Waals surface area contributed by atoms with Gasteiger partial charge in [-0.1, -0.05) is 44.1 Å². The van der Waals surface area contributed by atoms with E-state index in [0.717, 1.165) is 11.1 Å². The van der Waals surface area contributed by atoms with Gasteiger partial charge in [0.2, 0.25) is 0 Å². The molecule has 2 aromatic carbocycles. The lowest BCUT2D eigenvalue weighted by Crippen LogP contribution is -2.45. The first-order chi connectivity index (χ1) is 20.8. The molecule has 1 amide bonds. The fourth-order valence-electron chi connectivity index (χ4n) is 4.80. The number of carbonyl (C=O) groups is 2. The van der Waals surface area contributed by atoms with E-state index >= 15 is 0 Å². The average molecular weight is 637 g/mol. The molecule has 3 rings (SSSR count). The Balaban J connectivity index is 1.83. The number of ether oxygens (including phenoxy) is 2. The lowest BCUT2D eigenvalue weighted by Gasteiger charge is -2.38. The zero-order chi connectivity index (χ0) is 33.7. The predicted octanol–water partition coefficient (Wildman–Crippen LogP) is 7.07. The van der Waals surface area contributed by atoms with E-state index in [1.165, 1.54) is 12.1 Å². The monoisotopic (exact) mass is 636 g/mol. The summed E-state index contributed by atoms with van der Waals surface area (Å²) in [6.07, 6.45) is 0.784. The van der Waals surface area contributed by atoms with Gasteiger partial charge in [0, 0.05) is 12.1 Å². The molecule has 0 saturated carbocycles. The molecule has 1 aliphatic rings. The van der Waals surface area contributed by atoms with E-state index in [-0.39, 0.29) is 34.1 Å². The number of rotatable bonds is 10. The maximum atomic E-state index is 13.5. The second kappa shape index (κ2) is 14.0. The maximum Gasteiger partial charge on any atom is 0.410 e. The number of hydrogen-bond donors (Lipinski definition) is 1. The third-order valence-corrected chi connectivity index (χ3v) is 12.6. The van der Waals surface area contributed by atoms with E-state index in [4.69, 9.17) is 24.5 Å². The molecule has 0 heterocycles. The summed E-state index contributed by atoms with van der Waals surface area (Å²) in [5, 5.41) is 13.5.